The average molecular weight is 154 g/mol. The maximum atomic E-state index is 5.01. The highest BCUT2D eigenvalue weighted by Gasteiger charge is 2.26. The molecule has 0 bridgehead atoms. The van der Waals surface area contributed by atoms with E-state index in [0.717, 1.165) is 12.9 Å². The summed E-state index contributed by atoms with van der Waals surface area (Å²) in [4.78, 5) is 9.80. The second-order valence-electron chi connectivity index (χ2n) is 2.21. The van der Waals surface area contributed by atoms with E-state index in [-0.39, 0.29) is 6.92 Å². The third-order valence-corrected chi connectivity index (χ3v) is 2.47. The van der Waals surface area contributed by atoms with E-state index in [1.165, 1.54) is 4.78 Å². The van der Waals surface area contributed by atoms with Crippen molar-refractivity contribution in [3.8, 4) is 0 Å². The van der Waals surface area contributed by atoms with Gasteiger partial charge in [0.2, 0.25) is 0 Å². The van der Waals surface area contributed by atoms with Gasteiger partial charge in [-0.3, -0.25) is 9.69 Å². The minimum Gasteiger partial charge on any atom is -0.297 e. The molecule has 0 saturated carbocycles. The van der Waals surface area contributed by atoms with E-state index in [1.54, 1.807) is 11.3 Å². The summed E-state index contributed by atoms with van der Waals surface area (Å²) in [5.74, 6) is 0. The van der Waals surface area contributed by atoms with Crippen LogP contribution in [0.4, 0.5) is 0 Å². The summed E-state index contributed by atoms with van der Waals surface area (Å²) >= 11 is 1.72. The van der Waals surface area contributed by atoms with Crippen molar-refractivity contribution in [3.05, 3.63) is 17.5 Å². The molecule has 0 radical (unpaired) electrons. The Labute approximate surface area is 63.8 Å². The summed E-state index contributed by atoms with van der Waals surface area (Å²) in [5.41, 5.74) is 0. The molecule has 0 aliphatic carbocycles. The van der Waals surface area contributed by atoms with Gasteiger partial charge in [-0.05, 0) is 11.7 Å². The maximum absolute atomic E-state index is 5.01. The largest absolute Gasteiger partial charge is 0.385 e. The van der Waals surface area contributed by atoms with Crippen LogP contribution in [-0.2, 0) is 9.69 Å². The van der Waals surface area contributed by atoms with Crippen LogP contribution in [0.1, 0.15) is 0 Å². The Morgan fingerprint density at radius 2 is 2.60 bits per heavy atom. The highest BCUT2D eigenvalue weighted by atomic mass is 32.1. The molecular weight excluding hydrogens is 147 g/mol. The standard InChI is InChI=1S/C6H7BO2S/c1-2-6(10-5-1)7-3-4-8-9-7/h1-2,5H,3-4H2. The second kappa shape index (κ2) is 2.74. The highest BCUT2D eigenvalue weighted by molar-refractivity contribution is 7.21. The maximum Gasteiger partial charge on any atom is 0.385 e. The van der Waals surface area contributed by atoms with Gasteiger partial charge in [-0.2, -0.15) is 11.3 Å². The van der Waals surface area contributed by atoms with Crippen molar-refractivity contribution in [2.75, 3.05) is 6.61 Å². The SMILES string of the molecule is c1csc(B2CCOO2)c1. The normalized spacial score (nSPS) is 18.2. The van der Waals surface area contributed by atoms with Crippen LogP contribution in [0.3, 0.4) is 0 Å². The molecule has 1 aromatic heterocycles. The van der Waals surface area contributed by atoms with E-state index in [4.69, 9.17) is 9.69 Å². The number of rotatable bonds is 1. The summed E-state index contributed by atoms with van der Waals surface area (Å²) < 4.78 is 1.26. The monoisotopic (exact) mass is 154 g/mol. The van der Waals surface area contributed by atoms with Crippen LogP contribution >= 0.6 is 11.3 Å². The smallest absolute Gasteiger partial charge is 0.297 e. The predicted octanol–water partition coefficient (Wildman–Crippen LogP) is 0.908. The number of hydrogen-bond acceptors (Lipinski definition) is 3. The minimum atomic E-state index is 0.194. The third kappa shape index (κ3) is 1.10. The zero-order chi connectivity index (χ0) is 6.81. The van der Waals surface area contributed by atoms with Gasteiger partial charge in [0.15, 0.2) is 0 Å². The van der Waals surface area contributed by atoms with Crippen LogP contribution in [-0.4, -0.2) is 13.5 Å². The Hall–Kier alpha value is -0.315. The molecule has 0 amide bonds. The van der Waals surface area contributed by atoms with Crippen molar-refractivity contribution in [1.29, 1.82) is 0 Å². The van der Waals surface area contributed by atoms with Gasteiger partial charge in [0.1, 0.15) is 0 Å². The van der Waals surface area contributed by atoms with Gasteiger partial charge in [-0.15, -0.1) is 0 Å². The molecule has 10 heavy (non-hydrogen) atoms. The molecule has 0 N–H and O–H groups in total. The van der Waals surface area contributed by atoms with E-state index in [1.807, 2.05) is 6.07 Å². The molecule has 4 heteroatoms. The Morgan fingerprint density at radius 1 is 1.60 bits per heavy atom. The molecule has 0 unspecified atom stereocenters. The average Bonchev–Trinajstić information content (AvgIpc) is 2.59. The van der Waals surface area contributed by atoms with Crippen LogP contribution in [0.2, 0.25) is 6.32 Å². The van der Waals surface area contributed by atoms with Gasteiger partial charge in [0.25, 0.3) is 0 Å². The summed E-state index contributed by atoms with van der Waals surface area (Å²) in [6.45, 7) is 0.919. The fourth-order valence-corrected chi connectivity index (χ4v) is 1.78. The van der Waals surface area contributed by atoms with Crippen molar-refractivity contribution in [2.24, 2.45) is 0 Å². The fraction of sp³-hybridized carbons (Fsp3) is 0.333. The van der Waals surface area contributed by atoms with E-state index in [0.29, 0.717) is 0 Å². The summed E-state index contributed by atoms with van der Waals surface area (Å²) in [7, 11) is 0. The fourth-order valence-electron chi connectivity index (χ4n) is 0.998. The predicted molar refractivity (Wildman–Crippen MR) is 41.6 cm³/mol. The first-order valence-corrected chi connectivity index (χ1v) is 4.16. The Balaban J connectivity index is 2.12. The number of thiophene rings is 1. The number of hydrogen-bond donors (Lipinski definition) is 0. The molecular formula is C6H7BO2S. The zero-order valence-electron chi connectivity index (χ0n) is 5.45. The Kier molecular flexibility index (Phi) is 1.75. The van der Waals surface area contributed by atoms with E-state index in [9.17, 15) is 0 Å². The quantitative estimate of drug-likeness (QED) is 0.442. The van der Waals surface area contributed by atoms with Crippen molar-refractivity contribution < 1.29 is 9.69 Å². The van der Waals surface area contributed by atoms with E-state index in [2.05, 4.69) is 11.4 Å². The van der Waals surface area contributed by atoms with Crippen molar-refractivity contribution in [1.82, 2.24) is 0 Å². The van der Waals surface area contributed by atoms with Crippen LogP contribution in [0, 0.1) is 0 Å². The molecule has 1 aliphatic heterocycles. The van der Waals surface area contributed by atoms with E-state index < -0.39 is 0 Å². The molecule has 2 nitrogen and oxygen atoms in total. The van der Waals surface area contributed by atoms with E-state index >= 15 is 0 Å². The molecule has 0 aromatic carbocycles. The molecule has 52 valence electrons. The Morgan fingerprint density at radius 3 is 3.20 bits per heavy atom. The topological polar surface area (TPSA) is 18.5 Å². The lowest BCUT2D eigenvalue weighted by Gasteiger charge is -1.95. The van der Waals surface area contributed by atoms with Crippen LogP contribution in [0.25, 0.3) is 0 Å². The molecule has 1 aromatic rings. The zero-order valence-corrected chi connectivity index (χ0v) is 6.26. The van der Waals surface area contributed by atoms with Gasteiger partial charge in [-0.1, -0.05) is 12.1 Å². The Bertz CT molecular complexity index is 194. The molecule has 0 atom stereocenters. The van der Waals surface area contributed by atoms with Gasteiger partial charge in [-0.25, -0.2) is 0 Å². The summed E-state index contributed by atoms with van der Waals surface area (Å²) in [6.07, 6.45) is 0.987. The lowest BCUT2D eigenvalue weighted by Crippen LogP contribution is -2.25. The third-order valence-electron chi connectivity index (χ3n) is 1.51. The second-order valence-corrected chi connectivity index (χ2v) is 3.19. The van der Waals surface area contributed by atoms with Gasteiger partial charge < -0.3 is 0 Å². The first kappa shape index (κ1) is 6.40. The summed E-state index contributed by atoms with van der Waals surface area (Å²) in [5, 5.41) is 2.05. The minimum absolute atomic E-state index is 0.194. The van der Waals surface area contributed by atoms with Gasteiger partial charge >= 0.3 is 6.92 Å². The van der Waals surface area contributed by atoms with Gasteiger partial charge in [0.05, 0.1) is 6.61 Å². The summed E-state index contributed by atoms with van der Waals surface area (Å²) in [6, 6.07) is 4.10. The molecule has 1 fully saturated rings. The molecule has 1 saturated heterocycles. The van der Waals surface area contributed by atoms with Crippen LogP contribution in [0.5, 0.6) is 0 Å². The molecule has 2 rings (SSSR count). The molecule has 2 heterocycles. The van der Waals surface area contributed by atoms with Gasteiger partial charge in [0, 0.05) is 4.78 Å². The first-order chi connectivity index (χ1) is 4.97. The van der Waals surface area contributed by atoms with Crippen molar-refractivity contribution in [3.63, 3.8) is 0 Å². The first-order valence-electron chi connectivity index (χ1n) is 3.28. The van der Waals surface area contributed by atoms with Crippen molar-refractivity contribution >= 4 is 23.0 Å². The van der Waals surface area contributed by atoms with Crippen molar-refractivity contribution in [2.45, 2.75) is 6.32 Å². The lowest BCUT2D eigenvalue weighted by molar-refractivity contribution is -0.184. The molecule has 1 aliphatic rings. The lowest BCUT2D eigenvalue weighted by atomic mass is 9.64. The molecule has 0 spiro atoms. The van der Waals surface area contributed by atoms with Crippen LogP contribution in [0.15, 0.2) is 17.5 Å². The van der Waals surface area contributed by atoms with Crippen LogP contribution < -0.4 is 4.78 Å². The highest BCUT2D eigenvalue weighted by Crippen LogP contribution is 2.08.